The SMILES string of the molecule is CC(C)CNCC1(CCS(=O)(=O)C(C)(C)C)CCCC1. The number of hydrogen-bond acceptors (Lipinski definition) is 3. The zero-order valence-corrected chi connectivity index (χ0v) is 14.8. The molecule has 1 saturated carbocycles. The van der Waals surface area contributed by atoms with Crippen molar-refractivity contribution in [2.75, 3.05) is 18.8 Å². The molecule has 3 nitrogen and oxygen atoms in total. The summed E-state index contributed by atoms with van der Waals surface area (Å²) in [5, 5.41) is 3.55. The smallest absolute Gasteiger partial charge is 0.155 e. The van der Waals surface area contributed by atoms with Crippen molar-refractivity contribution in [1.82, 2.24) is 5.32 Å². The quantitative estimate of drug-likeness (QED) is 0.784. The molecule has 1 N–H and O–H groups in total. The lowest BCUT2D eigenvalue weighted by atomic mass is 9.83. The molecule has 0 aromatic rings. The van der Waals surface area contributed by atoms with Crippen molar-refractivity contribution in [3.05, 3.63) is 0 Å². The van der Waals surface area contributed by atoms with Crippen molar-refractivity contribution in [2.24, 2.45) is 11.3 Å². The molecule has 4 heteroatoms. The van der Waals surface area contributed by atoms with Crippen LogP contribution in [0.4, 0.5) is 0 Å². The molecule has 0 aromatic heterocycles. The summed E-state index contributed by atoms with van der Waals surface area (Å²) in [6, 6.07) is 0. The normalized spacial score (nSPS) is 19.7. The third-order valence-electron chi connectivity index (χ3n) is 4.55. The van der Waals surface area contributed by atoms with Crippen LogP contribution in [-0.2, 0) is 9.84 Å². The summed E-state index contributed by atoms with van der Waals surface area (Å²) in [6.45, 7) is 11.8. The van der Waals surface area contributed by atoms with Crippen LogP contribution in [-0.4, -0.2) is 32.0 Å². The second-order valence-electron chi connectivity index (χ2n) is 7.91. The molecule has 0 amide bonds. The molecule has 1 fully saturated rings. The molecule has 1 aliphatic rings. The number of rotatable bonds is 7. The van der Waals surface area contributed by atoms with Gasteiger partial charge in [-0.2, -0.15) is 0 Å². The van der Waals surface area contributed by atoms with Gasteiger partial charge < -0.3 is 5.32 Å². The number of hydrogen-bond donors (Lipinski definition) is 1. The Morgan fingerprint density at radius 2 is 1.70 bits per heavy atom. The van der Waals surface area contributed by atoms with Gasteiger partial charge in [-0.3, -0.25) is 0 Å². The Hall–Kier alpha value is -0.0900. The third kappa shape index (κ3) is 5.03. The molecule has 120 valence electrons. The van der Waals surface area contributed by atoms with Crippen LogP contribution in [0.15, 0.2) is 0 Å². The molecule has 0 saturated heterocycles. The predicted octanol–water partition coefficient (Wildman–Crippen LogP) is 3.40. The van der Waals surface area contributed by atoms with E-state index in [1.807, 2.05) is 0 Å². The molecule has 0 atom stereocenters. The minimum absolute atomic E-state index is 0.215. The standard InChI is InChI=1S/C16H33NO2S/c1-14(2)12-17-13-16(8-6-7-9-16)10-11-20(18,19)15(3,4)5/h14,17H,6-13H2,1-5H3. The molecular formula is C16H33NO2S. The van der Waals surface area contributed by atoms with Gasteiger partial charge in [-0.1, -0.05) is 26.7 Å². The topological polar surface area (TPSA) is 46.2 Å². The van der Waals surface area contributed by atoms with Gasteiger partial charge in [0, 0.05) is 6.54 Å². The fraction of sp³-hybridized carbons (Fsp3) is 1.00. The first-order valence-electron chi connectivity index (χ1n) is 8.01. The highest BCUT2D eigenvalue weighted by molar-refractivity contribution is 7.92. The summed E-state index contributed by atoms with van der Waals surface area (Å²) in [7, 11) is -2.99. The maximum atomic E-state index is 12.3. The second-order valence-corrected chi connectivity index (χ2v) is 10.8. The lowest BCUT2D eigenvalue weighted by molar-refractivity contribution is 0.265. The Morgan fingerprint density at radius 3 is 2.15 bits per heavy atom. The minimum Gasteiger partial charge on any atom is -0.316 e. The van der Waals surface area contributed by atoms with E-state index in [-0.39, 0.29) is 5.41 Å². The molecule has 0 radical (unpaired) electrons. The summed E-state index contributed by atoms with van der Waals surface area (Å²) in [6.07, 6.45) is 5.67. The second kappa shape index (κ2) is 6.78. The molecule has 1 rings (SSSR count). The molecule has 1 aliphatic carbocycles. The summed E-state index contributed by atoms with van der Waals surface area (Å²) < 4.78 is 24.0. The van der Waals surface area contributed by atoms with Gasteiger partial charge in [0.15, 0.2) is 9.84 Å². The monoisotopic (exact) mass is 303 g/mol. The van der Waals surface area contributed by atoms with E-state index < -0.39 is 14.6 Å². The van der Waals surface area contributed by atoms with Gasteiger partial charge in [0.25, 0.3) is 0 Å². The van der Waals surface area contributed by atoms with E-state index in [2.05, 4.69) is 19.2 Å². The first kappa shape index (κ1) is 18.0. The van der Waals surface area contributed by atoms with Crippen LogP contribution in [0.1, 0.15) is 66.7 Å². The van der Waals surface area contributed by atoms with Gasteiger partial charge in [0.1, 0.15) is 0 Å². The fourth-order valence-corrected chi connectivity index (χ4v) is 4.24. The zero-order chi connectivity index (χ0) is 15.4. The van der Waals surface area contributed by atoms with E-state index in [9.17, 15) is 8.42 Å². The van der Waals surface area contributed by atoms with Crippen LogP contribution >= 0.6 is 0 Å². The van der Waals surface area contributed by atoms with E-state index in [4.69, 9.17) is 0 Å². The summed E-state index contributed by atoms with van der Waals surface area (Å²) in [5.74, 6) is 0.978. The molecule has 0 unspecified atom stereocenters. The van der Waals surface area contributed by atoms with Crippen molar-refractivity contribution in [1.29, 1.82) is 0 Å². The lowest BCUT2D eigenvalue weighted by Gasteiger charge is -2.31. The molecule has 0 aliphatic heterocycles. The zero-order valence-electron chi connectivity index (χ0n) is 14.0. The first-order chi connectivity index (χ1) is 9.08. The first-order valence-corrected chi connectivity index (χ1v) is 9.66. The van der Waals surface area contributed by atoms with Crippen molar-refractivity contribution < 1.29 is 8.42 Å². The number of nitrogens with one attached hydrogen (secondary N) is 1. The Morgan fingerprint density at radius 1 is 1.15 bits per heavy atom. The van der Waals surface area contributed by atoms with E-state index in [0.29, 0.717) is 11.7 Å². The van der Waals surface area contributed by atoms with Crippen molar-refractivity contribution >= 4 is 9.84 Å². The largest absolute Gasteiger partial charge is 0.316 e. The highest BCUT2D eigenvalue weighted by Crippen LogP contribution is 2.41. The van der Waals surface area contributed by atoms with Gasteiger partial charge in [-0.15, -0.1) is 0 Å². The van der Waals surface area contributed by atoms with Crippen LogP contribution < -0.4 is 5.32 Å². The summed E-state index contributed by atoms with van der Waals surface area (Å²) in [4.78, 5) is 0. The van der Waals surface area contributed by atoms with Crippen molar-refractivity contribution in [3.63, 3.8) is 0 Å². The average molecular weight is 304 g/mol. The highest BCUT2D eigenvalue weighted by atomic mass is 32.2. The predicted molar refractivity (Wildman–Crippen MR) is 86.8 cm³/mol. The Labute approximate surface area is 125 Å². The molecule has 0 heterocycles. The Bertz CT molecular complexity index is 387. The lowest BCUT2D eigenvalue weighted by Crippen LogP contribution is -2.38. The summed E-state index contributed by atoms with van der Waals surface area (Å²) in [5.41, 5.74) is 0.215. The average Bonchev–Trinajstić information content (AvgIpc) is 2.74. The van der Waals surface area contributed by atoms with Crippen LogP contribution in [0.5, 0.6) is 0 Å². The number of sulfone groups is 1. The molecular weight excluding hydrogens is 270 g/mol. The molecule has 0 spiro atoms. The Kier molecular flexibility index (Phi) is 6.09. The van der Waals surface area contributed by atoms with E-state index >= 15 is 0 Å². The van der Waals surface area contributed by atoms with E-state index in [0.717, 1.165) is 19.5 Å². The molecule has 0 bridgehead atoms. The molecule has 0 aromatic carbocycles. The van der Waals surface area contributed by atoms with E-state index in [1.54, 1.807) is 20.8 Å². The van der Waals surface area contributed by atoms with Crippen molar-refractivity contribution in [2.45, 2.75) is 71.5 Å². The van der Waals surface area contributed by atoms with Gasteiger partial charge >= 0.3 is 0 Å². The van der Waals surface area contributed by atoms with Gasteiger partial charge in [0.2, 0.25) is 0 Å². The maximum absolute atomic E-state index is 12.3. The molecule has 20 heavy (non-hydrogen) atoms. The van der Waals surface area contributed by atoms with Gasteiger partial charge in [-0.25, -0.2) is 8.42 Å². The van der Waals surface area contributed by atoms with Gasteiger partial charge in [-0.05, 0) is 57.9 Å². The third-order valence-corrected chi connectivity index (χ3v) is 7.16. The van der Waals surface area contributed by atoms with Crippen LogP contribution in [0.3, 0.4) is 0 Å². The van der Waals surface area contributed by atoms with Crippen molar-refractivity contribution in [3.8, 4) is 0 Å². The summed E-state index contributed by atoms with van der Waals surface area (Å²) >= 11 is 0. The Balaban J connectivity index is 2.59. The highest BCUT2D eigenvalue weighted by Gasteiger charge is 2.37. The maximum Gasteiger partial charge on any atom is 0.155 e. The van der Waals surface area contributed by atoms with E-state index in [1.165, 1.54) is 25.7 Å². The fourth-order valence-electron chi connectivity index (χ4n) is 2.92. The van der Waals surface area contributed by atoms with Gasteiger partial charge in [0.05, 0.1) is 10.5 Å². The minimum atomic E-state index is -2.99. The van der Waals surface area contributed by atoms with Crippen LogP contribution in [0.25, 0.3) is 0 Å². The van der Waals surface area contributed by atoms with Crippen LogP contribution in [0, 0.1) is 11.3 Å². The van der Waals surface area contributed by atoms with Crippen LogP contribution in [0.2, 0.25) is 0 Å².